The first-order valence-electron chi connectivity index (χ1n) is 21.6. The Hall–Kier alpha value is -3.34. The van der Waals surface area contributed by atoms with Crippen molar-refractivity contribution >= 4 is 25.7 Å². The van der Waals surface area contributed by atoms with E-state index in [-0.39, 0.29) is 19.4 Å². The van der Waals surface area contributed by atoms with Crippen LogP contribution in [0.4, 0.5) is 0 Å². The summed E-state index contributed by atoms with van der Waals surface area (Å²) in [6.07, 6.45) is 49.5. The molecule has 12 heteroatoms. The second kappa shape index (κ2) is 40.4. The van der Waals surface area contributed by atoms with Gasteiger partial charge in [-0.25, -0.2) is 4.57 Å². The van der Waals surface area contributed by atoms with Crippen LogP contribution in [0.3, 0.4) is 0 Å². The molecule has 0 saturated heterocycles. The van der Waals surface area contributed by atoms with Crippen molar-refractivity contribution in [2.24, 2.45) is 5.73 Å². The molecule has 330 valence electrons. The molecule has 0 aliphatic rings. The summed E-state index contributed by atoms with van der Waals surface area (Å²) in [6.45, 7) is 2.58. The van der Waals surface area contributed by atoms with Crippen molar-refractivity contribution in [1.29, 1.82) is 0 Å². The van der Waals surface area contributed by atoms with Crippen molar-refractivity contribution in [3.8, 4) is 0 Å². The van der Waals surface area contributed by atoms with Gasteiger partial charge in [0, 0.05) is 12.8 Å². The number of phosphoric acid groups is 1. The van der Waals surface area contributed by atoms with Gasteiger partial charge in [0.15, 0.2) is 6.10 Å². The molecule has 0 heterocycles. The van der Waals surface area contributed by atoms with E-state index in [1.165, 1.54) is 38.5 Å². The van der Waals surface area contributed by atoms with E-state index in [2.05, 4.69) is 85.2 Å². The van der Waals surface area contributed by atoms with Crippen molar-refractivity contribution in [2.45, 2.75) is 167 Å². The average Bonchev–Trinajstić information content (AvgIpc) is 3.20. The Morgan fingerprint density at radius 1 is 0.552 bits per heavy atom. The molecule has 0 spiro atoms. The van der Waals surface area contributed by atoms with Crippen molar-refractivity contribution in [3.05, 3.63) is 85.1 Å². The van der Waals surface area contributed by atoms with E-state index < -0.39 is 51.1 Å². The Morgan fingerprint density at radius 2 is 1.00 bits per heavy atom. The zero-order valence-electron chi connectivity index (χ0n) is 35.6. The third-order valence-corrected chi connectivity index (χ3v) is 9.59. The van der Waals surface area contributed by atoms with E-state index in [1.54, 1.807) is 0 Å². The highest BCUT2D eigenvalue weighted by molar-refractivity contribution is 7.47. The monoisotopic (exact) mass is 834 g/mol. The minimum absolute atomic E-state index is 0.0300. The van der Waals surface area contributed by atoms with Gasteiger partial charge < -0.3 is 25.2 Å². The number of phosphoric ester groups is 1. The Balaban J connectivity index is 4.53. The molecule has 58 heavy (non-hydrogen) atoms. The molecule has 0 radical (unpaired) electrons. The smallest absolute Gasteiger partial charge is 0.472 e. The normalized spacial score (nSPS) is 14.6. The van der Waals surface area contributed by atoms with Gasteiger partial charge in [0.25, 0.3) is 0 Å². The van der Waals surface area contributed by atoms with Crippen LogP contribution in [-0.4, -0.2) is 59.9 Å². The maximum absolute atomic E-state index is 12.6. The van der Waals surface area contributed by atoms with Crippen LogP contribution in [-0.2, 0) is 37.5 Å². The van der Waals surface area contributed by atoms with Gasteiger partial charge >= 0.3 is 25.7 Å². The first-order valence-corrected chi connectivity index (χ1v) is 23.1. The Bertz CT molecular complexity index is 1300. The number of hydrogen-bond acceptors (Lipinski definition) is 9. The van der Waals surface area contributed by atoms with E-state index in [1.807, 2.05) is 18.2 Å². The number of hydrogen-bond donors (Lipinski definition) is 3. The van der Waals surface area contributed by atoms with Gasteiger partial charge in [-0.05, 0) is 77.0 Å². The molecule has 3 unspecified atom stereocenters. The molecule has 0 bridgehead atoms. The van der Waals surface area contributed by atoms with Crippen LogP contribution in [0.5, 0.6) is 0 Å². The summed E-state index contributed by atoms with van der Waals surface area (Å²) in [5.74, 6) is -2.51. The topological polar surface area (TPSA) is 172 Å². The summed E-state index contributed by atoms with van der Waals surface area (Å²) in [6, 6.07) is -1.54. The highest BCUT2D eigenvalue weighted by atomic mass is 31.2. The second-order valence-corrected chi connectivity index (χ2v) is 15.5. The molecule has 3 atom stereocenters. The van der Waals surface area contributed by atoms with Crippen LogP contribution in [0.1, 0.15) is 155 Å². The molecule has 4 N–H and O–H groups in total. The Labute approximate surface area is 350 Å². The maximum atomic E-state index is 12.6. The lowest BCUT2D eigenvalue weighted by molar-refractivity contribution is -0.161. The molecule has 0 aromatic heterocycles. The molecule has 0 aromatic carbocycles. The molecular weight excluding hydrogens is 757 g/mol. The summed E-state index contributed by atoms with van der Waals surface area (Å²) in [7, 11) is -4.74. The number of unbranched alkanes of at least 4 members (excludes halogenated alkanes) is 11. The molecule has 0 fully saturated rings. The van der Waals surface area contributed by atoms with Gasteiger partial charge in [-0.2, -0.15) is 0 Å². The van der Waals surface area contributed by atoms with Crippen LogP contribution < -0.4 is 5.73 Å². The van der Waals surface area contributed by atoms with E-state index in [0.29, 0.717) is 19.3 Å². The molecule has 0 rings (SSSR count). The average molecular weight is 834 g/mol. The number of nitrogens with two attached hydrogens (primary N) is 1. The summed E-state index contributed by atoms with van der Waals surface area (Å²) < 4.78 is 32.6. The van der Waals surface area contributed by atoms with Gasteiger partial charge in [-0.3, -0.25) is 23.4 Å². The Kier molecular flexibility index (Phi) is 38.1. The zero-order valence-corrected chi connectivity index (χ0v) is 36.5. The number of esters is 2. The first kappa shape index (κ1) is 54.7. The van der Waals surface area contributed by atoms with Crippen LogP contribution in [0, 0.1) is 0 Å². The van der Waals surface area contributed by atoms with Gasteiger partial charge in [0.2, 0.25) is 0 Å². The van der Waals surface area contributed by atoms with Gasteiger partial charge in [-0.15, -0.1) is 0 Å². The van der Waals surface area contributed by atoms with Crippen LogP contribution in [0.2, 0.25) is 0 Å². The molecule has 0 amide bonds. The number of aliphatic carboxylic acids is 1. The summed E-state index contributed by atoms with van der Waals surface area (Å²) in [4.78, 5) is 45.9. The molecule has 0 saturated carbocycles. The molecule has 11 nitrogen and oxygen atoms in total. The lowest BCUT2D eigenvalue weighted by Gasteiger charge is -2.20. The van der Waals surface area contributed by atoms with E-state index in [0.717, 1.165) is 70.6 Å². The van der Waals surface area contributed by atoms with Gasteiger partial charge in [0.05, 0.1) is 13.2 Å². The fourth-order valence-corrected chi connectivity index (χ4v) is 6.04. The largest absolute Gasteiger partial charge is 0.480 e. The minimum atomic E-state index is -4.74. The fraction of sp³-hybridized carbons (Fsp3) is 0.630. The van der Waals surface area contributed by atoms with Crippen LogP contribution in [0.25, 0.3) is 0 Å². The van der Waals surface area contributed by atoms with Crippen molar-refractivity contribution in [2.75, 3.05) is 19.8 Å². The first-order chi connectivity index (χ1) is 28.1. The second-order valence-electron chi connectivity index (χ2n) is 14.1. The summed E-state index contributed by atoms with van der Waals surface area (Å²) in [5.41, 5.74) is 5.32. The van der Waals surface area contributed by atoms with E-state index >= 15 is 0 Å². The number of rotatable bonds is 39. The third-order valence-electron chi connectivity index (χ3n) is 8.64. The van der Waals surface area contributed by atoms with Crippen LogP contribution >= 0.6 is 7.82 Å². The molecule has 0 aromatic rings. The predicted molar refractivity (Wildman–Crippen MR) is 235 cm³/mol. The maximum Gasteiger partial charge on any atom is 0.472 e. The van der Waals surface area contributed by atoms with Gasteiger partial charge in [0.1, 0.15) is 12.6 Å². The van der Waals surface area contributed by atoms with Crippen molar-refractivity contribution in [1.82, 2.24) is 0 Å². The van der Waals surface area contributed by atoms with Crippen molar-refractivity contribution < 1.29 is 47.5 Å². The SMILES string of the molecule is CC/C=C\C/C=C\C/C=C\C/C=C\C/C=C\C/C=C\CCC(=O)OC(COC(=O)CCCCCCC/C=C\CCCCCCCC)COP(=O)(O)OCC(N)C(=O)O. The number of carboxylic acid groups (broad SMARTS) is 1. The summed E-state index contributed by atoms with van der Waals surface area (Å²) in [5, 5.41) is 8.89. The molecule has 0 aliphatic carbocycles. The van der Waals surface area contributed by atoms with Crippen molar-refractivity contribution in [3.63, 3.8) is 0 Å². The van der Waals surface area contributed by atoms with E-state index in [9.17, 15) is 23.8 Å². The number of ether oxygens (including phenoxy) is 2. The standard InChI is InChI=1S/C46H76NO10P/c1-3-5-7-9-11-13-15-17-19-20-21-22-24-26-28-30-32-34-36-38-45(49)57-42(40-55-58(52,53)56-41-43(47)46(50)51)39-54-44(48)37-35-33-31-29-27-25-23-18-16-14-12-10-8-6-4-2/h5,7,11,13,17-19,21-23,26,28,32,34,42-43H,3-4,6,8-10,12,14-16,20,24-25,27,29-31,33,35-41,47H2,1-2H3,(H,50,51)(H,52,53)/b7-5-,13-11-,19-17-,22-21-,23-18-,28-26-,34-32-. The van der Waals surface area contributed by atoms with Gasteiger partial charge in [-0.1, -0.05) is 150 Å². The molecule has 0 aliphatic heterocycles. The summed E-state index contributed by atoms with van der Waals surface area (Å²) >= 11 is 0. The zero-order chi connectivity index (χ0) is 42.8. The number of allylic oxidation sites excluding steroid dienone is 14. The predicted octanol–water partition coefficient (Wildman–Crippen LogP) is 11.5. The number of carbonyl (C=O) groups is 3. The fourth-order valence-electron chi connectivity index (χ4n) is 5.26. The minimum Gasteiger partial charge on any atom is -0.480 e. The lowest BCUT2D eigenvalue weighted by atomic mass is 10.1. The quantitative estimate of drug-likeness (QED) is 0.0233. The van der Waals surface area contributed by atoms with Crippen LogP contribution in [0.15, 0.2) is 85.1 Å². The number of carboxylic acids is 1. The lowest BCUT2D eigenvalue weighted by Crippen LogP contribution is -2.34. The number of carbonyl (C=O) groups excluding carboxylic acids is 2. The highest BCUT2D eigenvalue weighted by Crippen LogP contribution is 2.43. The third kappa shape index (κ3) is 39.5. The molecular formula is C46H76NO10P. The highest BCUT2D eigenvalue weighted by Gasteiger charge is 2.28. The van der Waals surface area contributed by atoms with E-state index in [4.69, 9.17) is 24.8 Å². The Morgan fingerprint density at radius 3 is 1.52 bits per heavy atom.